The van der Waals surface area contributed by atoms with Gasteiger partial charge in [-0.05, 0) is 50.8 Å². The Morgan fingerprint density at radius 2 is 2.23 bits per heavy atom. The third-order valence-corrected chi connectivity index (χ3v) is 4.91. The van der Waals surface area contributed by atoms with Gasteiger partial charge >= 0.3 is 0 Å². The number of anilines is 1. The number of carbonyl (C=O) groups is 1. The zero-order valence-electron chi connectivity index (χ0n) is 13.5. The second-order valence-corrected chi connectivity index (χ2v) is 6.57. The van der Waals surface area contributed by atoms with Gasteiger partial charge in [0.1, 0.15) is 0 Å². The lowest BCUT2D eigenvalue weighted by atomic mass is 9.96. The standard InChI is InChI=1S/C18H27N3O/c1-14-8-9-15-5-2-3-7-17(15)21(14)12-10-18(22)20-16-6-4-11-19-13-16/h2-3,5,7,14,16,19H,4,6,8-13H2,1H3,(H,20,22)/t14?,16-/m0/s1. The summed E-state index contributed by atoms with van der Waals surface area (Å²) >= 11 is 0. The molecule has 22 heavy (non-hydrogen) atoms. The first-order valence-electron chi connectivity index (χ1n) is 8.58. The van der Waals surface area contributed by atoms with E-state index < -0.39 is 0 Å². The predicted molar refractivity (Wildman–Crippen MR) is 90.2 cm³/mol. The first-order valence-corrected chi connectivity index (χ1v) is 8.58. The fourth-order valence-electron chi connectivity index (χ4n) is 3.60. The van der Waals surface area contributed by atoms with Crippen LogP contribution >= 0.6 is 0 Å². The van der Waals surface area contributed by atoms with Gasteiger partial charge in [0.15, 0.2) is 0 Å². The number of fused-ring (bicyclic) bond motifs is 1. The van der Waals surface area contributed by atoms with Crippen molar-refractivity contribution in [2.75, 3.05) is 24.5 Å². The SMILES string of the molecule is CC1CCc2ccccc2N1CCC(=O)N[C@H]1CCCNC1. The molecule has 2 atom stereocenters. The van der Waals surface area contributed by atoms with Crippen LogP contribution in [0.4, 0.5) is 5.69 Å². The average Bonchev–Trinajstić information content (AvgIpc) is 2.55. The number of amides is 1. The maximum Gasteiger partial charge on any atom is 0.222 e. The van der Waals surface area contributed by atoms with Crippen LogP contribution in [0.1, 0.15) is 38.2 Å². The van der Waals surface area contributed by atoms with Crippen LogP contribution in [-0.4, -0.2) is 37.6 Å². The van der Waals surface area contributed by atoms with Crippen molar-refractivity contribution in [3.05, 3.63) is 29.8 Å². The fraction of sp³-hybridized carbons (Fsp3) is 0.611. The van der Waals surface area contributed by atoms with Crippen molar-refractivity contribution in [1.82, 2.24) is 10.6 Å². The molecule has 1 aromatic rings. The lowest BCUT2D eigenvalue weighted by molar-refractivity contribution is -0.121. The highest BCUT2D eigenvalue weighted by Gasteiger charge is 2.23. The molecule has 2 heterocycles. The van der Waals surface area contributed by atoms with Crippen molar-refractivity contribution in [2.24, 2.45) is 0 Å². The molecular formula is C18H27N3O. The van der Waals surface area contributed by atoms with Gasteiger partial charge in [-0.1, -0.05) is 18.2 Å². The van der Waals surface area contributed by atoms with Crippen LogP contribution in [0.3, 0.4) is 0 Å². The molecule has 0 bridgehead atoms. The van der Waals surface area contributed by atoms with Crippen molar-refractivity contribution >= 4 is 11.6 Å². The molecule has 120 valence electrons. The van der Waals surface area contributed by atoms with Gasteiger partial charge < -0.3 is 15.5 Å². The molecule has 1 aromatic carbocycles. The third kappa shape index (κ3) is 3.61. The van der Waals surface area contributed by atoms with E-state index in [1.54, 1.807) is 0 Å². The van der Waals surface area contributed by atoms with Crippen LogP contribution in [0, 0.1) is 0 Å². The van der Waals surface area contributed by atoms with Crippen LogP contribution in [0.5, 0.6) is 0 Å². The number of rotatable bonds is 4. The summed E-state index contributed by atoms with van der Waals surface area (Å²) in [7, 11) is 0. The molecule has 1 saturated heterocycles. The van der Waals surface area contributed by atoms with E-state index in [1.807, 2.05) is 0 Å². The highest BCUT2D eigenvalue weighted by atomic mass is 16.1. The maximum atomic E-state index is 12.2. The minimum absolute atomic E-state index is 0.184. The van der Waals surface area contributed by atoms with E-state index in [-0.39, 0.29) is 5.91 Å². The van der Waals surface area contributed by atoms with E-state index in [2.05, 4.69) is 46.7 Å². The maximum absolute atomic E-state index is 12.2. The molecule has 2 N–H and O–H groups in total. The molecule has 0 aromatic heterocycles. The predicted octanol–water partition coefficient (Wildman–Crippen LogP) is 2.09. The van der Waals surface area contributed by atoms with Gasteiger partial charge in [-0.25, -0.2) is 0 Å². The number of piperidine rings is 1. The van der Waals surface area contributed by atoms with Gasteiger partial charge in [0, 0.05) is 37.3 Å². The Balaban J connectivity index is 1.55. The molecule has 1 fully saturated rings. The highest BCUT2D eigenvalue weighted by Crippen LogP contribution is 2.30. The number of nitrogens with zero attached hydrogens (tertiary/aromatic N) is 1. The van der Waals surface area contributed by atoms with Crippen LogP contribution in [0.2, 0.25) is 0 Å². The quantitative estimate of drug-likeness (QED) is 0.895. The molecule has 0 aliphatic carbocycles. The third-order valence-electron chi connectivity index (χ3n) is 4.91. The lowest BCUT2D eigenvalue weighted by Crippen LogP contribution is -2.47. The fourth-order valence-corrected chi connectivity index (χ4v) is 3.60. The van der Waals surface area contributed by atoms with Gasteiger partial charge in [0.25, 0.3) is 0 Å². The normalized spacial score (nSPS) is 24.7. The summed E-state index contributed by atoms with van der Waals surface area (Å²) in [5.41, 5.74) is 2.73. The number of para-hydroxylation sites is 1. The average molecular weight is 301 g/mol. The summed E-state index contributed by atoms with van der Waals surface area (Å²) in [5.74, 6) is 0.184. The van der Waals surface area contributed by atoms with Crippen molar-refractivity contribution in [2.45, 2.75) is 51.1 Å². The summed E-state index contributed by atoms with van der Waals surface area (Å²) in [6.45, 7) is 5.06. The Morgan fingerprint density at radius 3 is 3.05 bits per heavy atom. The molecule has 0 saturated carbocycles. The van der Waals surface area contributed by atoms with E-state index in [1.165, 1.54) is 17.7 Å². The van der Waals surface area contributed by atoms with Crippen LogP contribution in [0.25, 0.3) is 0 Å². The van der Waals surface area contributed by atoms with Crippen molar-refractivity contribution < 1.29 is 4.79 Å². The van der Waals surface area contributed by atoms with E-state index >= 15 is 0 Å². The Bertz CT molecular complexity index is 511. The number of benzene rings is 1. The smallest absolute Gasteiger partial charge is 0.222 e. The zero-order valence-corrected chi connectivity index (χ0v) is 13.5. The van der Waals surface area contributed by atoms with Gasteiger partial charge in [-0.2, -0.15) is 0 Å². The first kappa shape index (κ1) is 15.3. The van der Waals surface area contributed by atoms with E-state index in [0.717, 1.165) is 38.9 Å². The van der Waals surface area contributed by atoms with E-state index in [4.69, 9.17) is 0 Å². The number of nitrogens with one attached hydrogen (secondary N) is 2. The number of aryl methyl sites for hydroxylation is 1. The Labute approximate surface area is 133 Å². The molecule has 2 aliphatic heterocycles. The van der Waals surface area contributed by atoms with E-state index in [0.29, 0.717) is 18.5 Å². The largest absolute Gasteiger partial charge is 0.368 e. The number of hydrogen-bond acceptors (Lipinski definition) is 3. The minimum Gasteiger partial charge on any atom is -0.368 e. The molecule has 1 unspecified atom stereocenters. The van der Waals surface area contributed by atoms with Crippen molar-refractivity contribution in [3.63, 3.8) is 0 Å². The second kappa shape index (κ2) is 7.14. The van der Waals surface area contributed by atoms with Gasteiger partial charge in [0.2, 0.25) is 5.91 Å². The summed E-state index contributed by atoms with van der Waals surface area (Å²) in [5, 5.41) is 6.51. The minimum atomic E-state index is 0.184. The molecule has 0 spiro atoms. The van der Waals surface area contributed by atoms with Gasteiger partial charge in [-0.3, -0.25) is 4.79 Å². The molecule has 4 nitrogen and oxygen atoms in total. The lowest BCUT2D eigenvalue weighted by Gasteiger charge is -2.37. The number of hydrogen-bond donors (Lipinski definition) is 2. The van der Waals surface area contributed by atoms with Crippen molar-refractivity contribution in [1.29, 1.82) is 0 Å². The Hall–Kier alpha value is -1.55. The monoisotopic (exact) mass is 301 g/mol. The molecule has 3 rings (SSSR count). The zero-order chi connectivity index (χ0) is 15.4. The first-order chi connectivity index (χ1) is 10.7. The summed E-state index contributed by atoms with van der Waals surface area (Å²) in [4.78, 5) is 14.6. The van der Waals surface area contributed by atoms with Crippen LogP contribution in [0.15, 0.2) is 24.3 Å². The Kier molecular flexibility index (Phi) is 4.98. The highest BCUT2D eigenvalue weighted by molar-refractivity contribution is 5.77. The van der Waals surface area contributed by atoms with Gasteiger partial charge in [-0.15, -0.1) is 0 Å². The molecule has 4 heteroatoms. The molecule has 1 amide bonds. The van der Waals surface area contributed by atoms with Crippen molar-refractivity contribution in [3.8, 4) is 0 Å². The van der Waals surface area contributed by atoms with E-state index in [9.17, 15) is 4.79 Å². The topological polar surface area (TPSA) is 44.4 Å². The summed E-state index contributed by atoms with van der Waals surface area (Å²) in [6, 6.07) is 9.43. The number of carbonyl (C=O) groups excluding carboxylic acids is 1. The summed E-state index contributed by atoms with van der Waals surface area (Å²) < 4.78 is 0. The molecular weight excluding hydrogens is 274 g/mol. The summed E-state index contributed by atoms with van der Waals surface area (Å²) in [6.07, 6.45) is 5.15. The molecule has 2 aliphatic rings. The van der Waals surface area contributed by atoms with Crippen LogP contribution < -0.4 is 15.5 Å². The van der Waals surface area contributed by atoms with Crippen LogP contribution in [-0.2, 0) is 11.2 Å². The van der Waals surface area contributed by atoms with Gasteiger partial charge in [0.05, 0.1) is 0 Å². The molecule has 0 radical (unpaired) electrons. The second-order valence-electron chi connectivity index (χ2n) is 6.57. The Morgan fingerprint density at radius 1 is 1.36 bits per heavy atom.